The molecule has 230 valence electrons. The molecule has 0 spiro atoms. The summed E-state index contributed by atoms with van der Waals surface area (Å²) in [6.07, 6.45) is -4.25. The lowest BCUT2D eigenvalue weighted by atomic mass is 10.0. The van der Waals surface area contributed by atoms with E-state index in [1.807, 2.05) is 20.8 Å². The molecule has 8 nitrogen and oxygen atoms in total. The molecular weight excluding hydrogens is 615 g/mol. The Bertz CT molecular complexity index is 1900. The number of hydrogen-bond acceptors (Lipinski definition) is 9. The molecule has 2 aromatic carbocycles. The van der Waals surface area contributed by atoms with E-state index in [-0.39, 0.29) is 30.4 Å². The monoisotopic (exact) mass is 643 g/mol. The Morgan fingerprint density at radius 2 is 1.73 bits per heavy atom. The van der Waals surface area contributed by atoms with Gasteiger partial charge in [0.05, 0.1) is 45.7 Å². The number of alkyl halides is 3. The fraction of sp³-hybridized carbons (Fsp3) is 0.323. The first-order valence-electron chi connectivity index (χ1n) is 13.6. The van der Waals surface area contributed by atoms with Gasteiger partial charge in [-0.05, 0) is 63.1 Å². The fourth-order valence-corrected chi connectivity index (χ4v) is 6.25. The Balaban J connectivity index is 1.29. The van der Waals surface area contributed by atoms with Gasteiger partial charge in [-0.3, -0.25) is 14.4 Å². The van der Waals surface area contributed by atoms with Crippen LogP contribution in [0, 0.1) is 5.92 Å². The van der Waals surface area contributed by atoms with Gasteiger partial charge in [0.25, 0.3) is 5.56 Å². The van der Waals surface area contributed by atoms with Gasteiger partial charge in [-0.25, -0.2) is 9.67 Å². The number of benzene rings is 2. The number of rotatable bonds is 8. The number of fused-ring (bicyclic) bond motifs is 2. The van der Waals surface area contributed by atoms with E-state index < -0.39 is 28.9 Å². The predicted molar refractivity (Wildman–Crippen MR) is 162 cm³/mol. The van der Waals surface area contributed by atoms with E-state index in [4.69, 9.17) is 9.47 Å². The van der Waals surface area contributed by atoms with Crippen LogP contribution in [0.15, 0.2) is 58.0 Å². The van der Waals surface area contributed by atoms with E-state index in [0.717, 1.165) is 29.0 Å². The van der Waals surface area contributed by atoms with Gasteiger partial charge >= 0.3 is 18.1 Å². The van der Waals surface area contributed by atoms with E-state index in [0.29, 0.717) is 38.3 Å². The smallest absolute Gasteiger partial charge is 0.416 e. The molecule has 0 N–H and O–H groups in total. The zero-order valence-electron chi connectivity index (χ0n) is 24.2. The summed E-state index contributed by atoms with van der Waals surface area (Å²) in [7, 11) is 0. The molecule has 5 aromatic rings. The van der Waals surface area contributed by atoms with Crippen molar-refractivity contribution in [3.63, 3.8) is 0 Å². The van der Waals surface area contributed by atoms with Gasteiger partial charge in [-0.1, -0.05) is 19.1 Å². The molecule has 0 radical (unpaired) electrons. The second-order valence-electron chi connectivity index (χ2n) is 11.3. The number of thiophene rings is 1. The van der Waals surface area contributed by atoms with E-state index >= 15 is 0 Å². The van der Waals surface area contributed by atoms with Crippen molar-refractivity contribution < 1.29 is 32.2 Å². The molecule has 13 heteroatoms. The molecule has 3 heterocycles. The van der Waals surface area contributed by atoms with Crippen molar-refractivity contribution in [3.8, 4) is 5.75 Å². The number of thiazole rings is 1. The maximum Gasteiger partial charge on any atom is 0.416 e. The van der Waals surface area contributed by atoms with Crippen LogP contribution in [0.25, 0.3) is 21.0 Å². The minimum Gasteiger partial charge on any atom is -0.460 e. The summed E-state index contributed by atoms with van der Waals surface area (Å²) in [6.45, 7) is 7.16. The number of carbonyl (C=O) groups excluding carboxylic acids is 2. The molecule has 5 rings (SSSR count). The minimum absolute atomic E-state index is 0.0729. The summed E-state index contributed by atoms with van der Waals surface area (Å²) in [6, 6.07) is 10.1. The SMILES string of the molecule is C[C@@H](Cc1ccc(OC(=O)Cc2nn(Cc3nc4cc(C(F)(F)F)ccc4s3)c(=O)c3cscc23)cc1)C(=O)OC(C)(C)C. The molecule has 0 saturated heterocycles. The maximum atomic E-state index is 13.1. The number of esters is 2. The first-order chi connectivity index (χ1) is 20.7. The fourth-order valence-electron chi connectivity index (χ4n) is 4.49. The van der Waals surface area contributed by atoms with E-state index in [9.17, 15) is 27.6 Å². The summed E-state index contributed by atoms with van der Waals surface area (Å²) in [5.41, 5.74) is -0.388. The van der Waals surface area contributed by atoms with Crippen LogP contribution < -0.4 is 10.3 Å². The zero-order valence-corrected chi connectivity index (χ0v) is 25.9. The molecule has 0 aliphatic heterocycles. The van der Waals surface area contributed by atoms with Crippen molar-refractivity contribution in [2.24, 2.45) is 5.92 Å². The molecule has 0 fully saturated rings. The van der Waals surface area contributed by atoms with Crippen LogP contribution in [0.1, 0.15) is 49.5 Å². The summed E-state index contributed by atoms with van der Waals surface area (Å²) >= 11 is 2.45. The highest BCUT2D eigenvalue weighted by Crippen LogP contribution is 2.33. The highest BCUT2D eigenvalue weighted by Gasteiger charge is 2.31. The molecule has 44 heavy (non-hydrogen) atoms. The lowest BCUT2D eigenvalue weighted by molar-refractivity contribution is -0.159. The van der Waals surface area contributed by atoms with Crippen LogP contribution in [0.5, 0.6) is 5.75 Å². The Kier molecular flexibility index (Phi) is 8.63. The van der Waals surface area contributed by atoms with Crippen molar-refractivity contribution in [3.05, 3.63) is 85.4 Å². The average molecular weight is 644 g/mol. The minimum atomic E-state index is -4.49. The first kappa shape index (κ1) is 31.3. The third-order valence-electron chi connectivity index (χ3n) is 6.54. The van der Waals surface area contributed by atoms with Gasteiger partial charge in [0.15, 0.2) is 0 Å². The molecule has 3 aromatic heterocycles. The third-order valence-corrected chi connectivity index (χ3v) is 8.31. The molecule has 0 aliphatic carbocycles. The van der Waals surface area contributed by atoms with Crippen LogP contribution in [0.3, 0.4) is 0 Å². The third kappa shape index (κ3) is 7.33. The average Bonchev–Trinajstić information content (AvgIpc) is 3.58. The van der Waals surface area contributed by atoms with Crippen LogP contribution in [0.2, 0.25) is 0 Å². The summed E-state index contributed by atoms with van der Waals surface area (Å²) in [5, 5.41) is 9.11. The van der Waals surface area contributed by atoms with Crippen molar-refractivity contribution in [1.82, 2.24) is 14.8 Å². The van der Waals surface area contributed by atoms with E-state index in [1.165, 1.54) is 22.1 Å². The van der Waals surface area contributed by atoms with Crippen molar-refractivity contribution in [2.45, 2.75) is 58.9 Å². The Morgan fingerprint density at radius 3 is 2.41 bits per heavy atom. The number of hydrogen-bond donors (Lipinski definition) is 0. The summed E-state index contributed by atoms with van der Waals surface area (Å²) in [4.78, 5) is 42.6. The zero-order chi connectivity index (χ0) is 31.8. The van der Waals surface area contributed by atoms with Crippen molar-refractivity contribution in [2.75, 3.05) is 0 Å². The standard InChI is InChI=1S/C31H28F3N3O5S2/c1-17(29(40)42-30(2,3)4)11-18-5-8-20(9-6-18)41-27(38)13-23-21-15-43-16-22(21)28(39)37(36-23)14-26-35-24-12-19(31(32,33)34)7-10-25(24)44-26/h5-10,12,15-17H,11,13-14H2,1-4H3/t17-/m0/s1. The second-order valence-corrected chi connectivity index (χ2v) is 13.2. The number of carbonyl (C=O) groups is 2. The molecule has 0 amide bonds. The predicted octanol–water partition coefficient (Wildman–Crippen LogP) is 6.80. The first-order valence-corrected chi connectivity index (χ1v) is 15.4. The highest BCUT2D eigenvalue weighted by atomic mass is 32.1. The number of aromatic nitrogens is 3. The van der Waals surface area contributed by atoms with Gasteiger partial charge in [-0.2, -0.15) is 29.6 Å². The topological polar surface area (TPSA) is 100 Å². The van der Waals surface area contributed by atoms with Crippen LogP contribution in [-0.4, -0.2) is 32.3 Å². The van der Waals surface area contributed by atoms with Crippen LogP contribution >= 0.6 is 22.7 Å². The second kappa shape index (κ2) is 12.1. The molecule has 0 bridgehead atoms. The lowest BCUT2D eigenvalue weighted by Gasteiger charge is -2.22. The Morgan fingerprint density at radius 1 is 1.02 bits per heavy atom. The summed E-state index contributed by atoms with van der Waals surface area (Å²) in [5.74, 6) is -0.922. The van der Waals surface area contributed by atoms with Crippen LogP contribution in [-0.2, 0) is 39.9 Å². The molecule has 0 aliphatic rings. The van der Waals surface area contributed by atoms with Gasteiger partial charge in [0, 0.05) is 16.1 Å². The Hall–Kier alpha value is -4.10. The molecular formula is C31H28F3N3O5S2. The van der Waals surface area contributed by atoms with Gasteiger partial charge in [0.2, 0.25) is 0 Å². The number of nitrogens with zero attached hydrogens (tertiary/aromatic N) is 3. The highest BCUT2D eigenvalue weighted by molar-refractivity contribution is 7.18. The Labute approximate surface area is 258 Å². The van der Waals surface area contributed by atoms with Crippen LogP contribution in [0.4, 0.5) is 13.2 Å². The number of halogens is 3. The summed E-state index contributed by atoms with van der Waals surface area (Å²) < 4.78 is 52.1. The molecule has 1 atom stereocenters. The van der Waals surface area contributed by atoms with Crippen molar-refractivity contribution in [1.29, 1.82) is 0 Å². The molecule has 0 saturated carbocycles. The van der Waals surface area contributed by atoms with Gasteiger partial charge in [0.1, 0.15) is 16.4 Å². The lowest BCUT2D eigenvalue weighted by Crippen LogP contribution is -2.28. The quantitative estimate of drug-likeness (QED) is 0.135. The number of ether oxygens (including phenoxy) is 2. The molecule has 0 unspecified atom stereocenters. The van der Waals surface area contributed by atoms with Gasteiger partial charge < -0.3 is 9.47 Å². The van der Waals surface area contributed by atoms with Gasteiger partial charge in [-0.15, -0.1) is 11.3 Å². The van der Waals surface area contributed by atoms with Crippen molar-refractivity contribution >= 4 is 55.6 Å². The normalized spacial score (nSPS) is 12.9. The van der Waals surface area contributed by atoms with E-state index in [1.54, 1.807) is 41.9 Å². The largest absolute Gasteiger partial charge is 0.460 e. The maximum absolute atomic E-state index is 13.1. The van der Waals surface area contributed by atoms with E-state index in [2.05, 4.69) is 10.1 Å².